The molecule has 0 N–H and O–H groups in total. The van der Waals surface area contributed by atoms with E-state index < -0.39 is 11.8 Å². The number of rotatable bonds is 4. The molecule has 0 aliphatic heterocycles. The number of nitrogens with zero attached hydrogens (tertiary/aromatic N) is 1. The Morgan fingerprint density at radius 2 is 2.29 bits per heavy atom. The maximum absolute atomic E-state index is 11.3. The molecule has 0 unspecified atom stereocenters. The zero-order valence-corrected chi connectivity index (χ0v) is 11.3. The molecular formula is C11H9BrClNO3. The van der Waals surface area contributed by atoms with E-state index in [0.717, 1.165) is 6.08 Å². The van der Waals surface area contributed by atoms with Crippen LogP contribution in [-0.4, -0.2) is 23.3 Å². The molecule has 0 spiro atoms. The van der Waals surface area contributed by atoms with E-state index in [0.29, 0.717) is 15.2 Å². The topological polar surface area (TPSA) is 56.3 Å². The molecule has 1 aromatic heterocycles. The molecule has 0 amide bonds. The molecule has 0 aliphatic rings. The minimum Gasteiger partial charge on any atom is -0.460 e. The number of carbonyl (C=O) groups excluding carboxylic acids is 2. The molecule has 6 heteroatoms. The summed E-state index contributed by atoms with van der Waals surface area (Å²) >= 11 is 8.95. The molecule has 1 aromatic rings. The lowest BCUT2D eigenvalue weighted by atomic mass is 10.2. The van der Waals surface area contributed by atoms with Gasteiger partial charge in [-0.25, -0.2) is 9.78 Å². The van der Waals surface area contributed by atoms with Crippen LogP contribution in [0.2, 0.25) is 5.15 Å². The molecule has 90 valence electrons. The Bertz CT molecular complexity index is 474. The van der Waals surface area contributed by atoms with Gasteiger partial charge in [0.05, 0.1) is 6.61 Å². The Balaban J connectivity index is 2.80. The van der Waals surface area contributed by atoms with Gasteiger partial charge in [-0.05, 0) is 46.6 Å². The fraction of sp³-hybridized carbons (Fsp3) is 0.182. The summed E-state index contributed by atoms with van der Waals surface area (Å²) in [5, 5.41) is 0.302. The van der Waals surface area contributed by atoms with Crippen molar-refractivity contribution in [3.05, 3.63) is 33.5 Å². The van der Waals surface area contributed by atoms with Crippen LogP contribution in [0.3, 0.4) is 0 Å². The van der Waals surface area contributed by atoms with E-state index in [2.05, 4.69) is 25.7 Å². The fourth-order valence-electron chi connectivity index (χ4n) is 0.991. The number of pyridine rings is 1. The Hall–Kier alpha value is -1.20. The summed E-state index contributed by atoms with van der Waals surface area (Å²) in [6.07, 6.45) is 4.11. The lowest BCUT2D eigenvalue weighted by Gasteiger charge is -1.98. The quantitative estimate of drug-likeness (QED) is 0.371. The first-order valence-electron chi connectivity index (χ1n) is 4.74. The van der Waals surface area contributed by atoms with Gasteiger partial charge in [0.25, 0.3) is 5.78 Å². The van der Waals surface area contributed by atoms with E-state index >= 15 is 0 Å². The van der Waals surface area contributed by atoms with Crippen LogP contribution in [0.25, 0.3) is 6.08 Å². The summed E-state index contributed by atoms with van der Waals surface area (Å²) in [5.74, 6) is -1.59. The lowest BCUT2D eigenvalue weighted by Crippen LogP contribution is -2.14. The minimum atomic E-state index is -0.875. The lowest BCUT2D eigenvalue weighted by molar-refractivity contribution is -0.151. The molecule has 4 nitrogen and oxygen atoms in total. The zero-order chi connectivity index (χ0) is 12.8. The van der Waals surface area contributed by atoms with Gasteiger partial charge in [-0.1, -0.05) is 11.6 Å². The third kappa shape index (κ3) is 4.28. The third-order valence-corrected chi connectivity index (χ3v) is 2.61. The average molecular weight is 319 g/mol. The minimum absolute atomic E-state index is 0.170. The number of aromatic nitrogens is 1. The zero-order valence-electron chi connectivity index (χ0n) is 8.94. The third-order valence-electron chi connectivity index (χ3n) is 1.74. The number of esters is 1. The second kappa shape index (κ2) is 6.51. The number of halogens is 2. The van der Waals surface area contributed by atoms with Crippen molar-refractivity contribution in [2.45, 2.75) is 6.92 Å². The molecule has 1 heterocycles. The summed E-state index contributed by atoms with van der Waals surface area (Å²) in [6, 6.07) is 1.57. The number of hydrogen-bond acceptors (Lipinski definition) is 4. The normalized spacial score (nSPS) is 10.5. The van der Waals surface area contributed by atoms with Gasteiger partial charge in [-0.2, -0.15) is 0 Å². The van der Waals surface area contributed by atoms with Crippen LogP contribution in [0.1, 0.15) is 12.5 Å². The molecule has 0 bridgehead atoms. The number of carbonyl (C=O) groups is 2. The molecule has 0 saturated heterocycles. The molecule has 17 heavy (non-hydrogen) atoms. The maximum atomic E-state index is 11.3. The van der Waals surface area contributed by atoms with Crippen molar-refractivity contribution >= 4 is 45.4 Å². The van der Waals surface area contributed by atoms with Gasteiger partial charge in [0.1, 0.15) is 5.15 Å². The average Bonchev–Trinajstić information content (AvgIpc) is 2.30. The highest BCUT2D eigenvalue weighted by atomic mass is 79.9. The summed E-state index contributed by atoms with van der Waals surface area (Å²) in [4.78, 5) is 26.2. The van der Waals surface area contributed by atoms with Crippen molar-refractivity contribution in [2.24, 2.45) is 0 Å². The highest BCUT2D eigenvalue weighted by Crippen LogP contribution is 2.19. The van der Waals surface area contributed by atoms with Crippen molar-refractivity contribution < 1.29 is 14.3 Å². The first-order valence-corrected chi connectivity index (χ1v) is 5.92. The van der Waals surface area contributed by atoms with Crippen LogP contribution >= 0.6 is 27.5 Å². The monoisotopic (exact) mass is 317 g/mol. The maximum Gasteiger partial charge on any atom is 0.379 e. The van der Waals surface area contributed by atoms with Gasteiger partial charge in [0.2, 0.25) is 0 Å². The van der Waals surface area contributed by atoms with E-state index in [1.807, 2.05) is 0 Å². The smallest absolute Gasteiger partial charge is 0.379 e. The van der Waals surface area contributed by atoms with Gasteiger partial charge in [-0.15, -0.1) is 0 Å². The van der Waals surface area contributed by atoms with E-state index in [-0.39, 0.29) is 6.61 Å². The molecule has 1 rings (SSSR count). The van der Waals surface area contributed by atoms with Crippen LogP contribution in [-0.2, 0) is 14.3 Å². The summed E-state index contributed by atoms with van der Waals surface area (Å²) in [6.45, 7) is 1.80. The molecular weight excluding hydrogens is 309 g/mol. The van der Waals surface area contributed by atoms with Crippen LogP contribution in [0.4, 0.5) is 0 Å². The summed E-state index contributed by atoms with van der Waals surface area (Å²) in [5.41, 5.74) is 0.655. The predicted molar refractivity (Wildman–Crippen MR) is 67.6 cm³/mol. The Labute approximate surface area is 112 Å². The largest absolute Gasteiger partial charge is 0.460 e. The summed E-state index contributed by atoms with van der Waals surface area (Å²) < 4.78 is 5.23. The Kier molecular flexibility index (Phi) is 5.31. The van der Waals surface area contributed by atoms with E-state index in [1.165, 1.54) is 12.3 Å². The Morgan fingerprint density at radius 3 is 2.94 bits per heavy atom. The molecule has 0 saturated carbocycles. The van der Waals surface area contributed by atoms with Crippen LogP contribution < -0.4 is 0 Å². The molecule has 0 radical (unpaired) electrons. The fourth-order valence-corrected chi connectivity index (χ4v) is 1.51. The van der Waals surface area contributed by atoms with Crippen molar-refractivity contribution in [3.8, 4) is 0 Å². The molecule has 0 atom stereocenters. The molecule has 0 fully saturated rings. The van der Waals surface area contributed by atoms with Gasteiger partial charge >= 0.3 is 5.97 Å². The van der Waals surface area contributed by atoms with Gasteiger partial charge in [-0.3, -0.25) is 4.79 Å². The van der Waals surface area contributed by atoms with Gasteiger partial charge in [0, 0.05) is 10.7 Å². The predicted octanol–water partition coefficient (Wildman–Crippen LogP) is 2.64. The van der Waals surface area contributed by atoms with E-state index in [9.17, 15) is 9.59 Å². The second-order valence-electron chi connectivity index (χ2n) is 2.95. The standard InChI is InChI=1S/C11H9BrClNO3/c1-2-17-11(16)9(15)4-3-7-5-10(13)14-6-8(7)12/h3-6H,2H2,1H3/b4-3+. The van der Waals surface area contributed by atoms with E-state index in [4.69, 9.17) is 11.6 Å². The number of hydrogen-bond donors (Lipinski definition) is 0. The number of ether oxygens (including phenoxy) is 1. The van der Waals surface area contributed by atoms with Crippen LogP contribution in [0.15, 0.2) is 22.8 Å². The summed E-state index contributed by atoms with van der Waals surface area (Å²) in [7, 11) is 0. The van der Waals surface area contributed by atoms with Crippen molar-refractivity contribution in [1.29, 1.82) is 0 Å². The van der Waals surface area contributed by atoms with Crippen molar-refractivity contribution in [2.75, 3.05) is 6.61 Å². The van der Waals surface area contributed by atoms with E-state index in [1.54, 1.807) is 13.0 Å². The first kappa shape index (κ1) is 13.9. The second-order valence-corrected chi connectivity index (χ2v) is 4.19. The highest BCUT2D eigenvalue weighted by Gasteiger charge is 2.10. The molecule has 0 aliphatic carbocycles. The van der Waals surface area contributed by atoms with Gasteiger partial charge in [0.15, 0.2) is 0 Å². The van der Waals surface area contributed by atoms with Crippen molar-refractivity contribution in [3.63, 3.8) is 0 Å². The Morgan fingerprint density at radius 1 is 1.59 bits per heavy atom. The van der Waals surface area contributed by atoms with Gasteiger partial charge < -0.3 is 4.74 Å². The SMILES string of the molecule is CCOC(=O)C(=O)/C=C/c1cc(Cl)ncc1Br. The van der Waals surface area contributed by atoms with Crippen LogP contribution in [0, 0.1) is 0 Å². The first-order chi connectivity index (χ1) is 8.04. The molecule has 0 aromatic carbocycles. The van der Waals surface area contributed by atoms with Crippen LogP contribution in [0.5, 0.6) is 0 Å². The number of ketones is 1. The van der Waals surface area contributed by atoms with Crippen molar-refractivity contribution in [1.82, 2.24) is 4.98 Å². The highest BCUT2D eigenvalue weighted by molar-refractivity contribution is 9.10.